The summed E-state index contributed by atoms with van der Waals surface area (Å²) >= 11 is 0. The van der Waals surface area contributed by atoms with Crippen molar-refractivity contribution >= 4 is 17.4 Å². The highest BCUT2D eigenvalue weighted by atomic mass is 19.4. The lowest BCUT2D eigenvalue weighted by molar-refractivity contribution is -0.142. The second-order valence-electron chi connectivity index (χ2n) is 6.42. The third kappa shape index (κ3) is 4.56. The molecule has 0 spiro atoms. The second kappa shape index (κ2) is 8.47. The van der Waals surface area contributed by atoms with Gasteiger partial charge in [0.05, 0.1) is 30.8 Å². The highest BCUT2D eigenvalue weighted by Crippen LogP contribution is 2.34. The molecule has 2 aromatic rings. The van der Waals surface area contributed by atoms with Crippen LogP contribution in [0.2, 0.25) is 0 Å². The standard InChI is InChI=1S/C19H19F3N6O2/c1-10-14(12-5-3-4-8-24-12)28-17(23)15(26-10)18(29)25-9-11-6-7-13(30-2)16(27-11)19(20,21)22/h4,6-8H,3,5,9H2,1-2H3,(H2,23,28)(H,25,29). The minimum Gasteiger partial charge on any atom is -0.494 e. The molecule has 1 amide bonds. The fraction of sp³-hybridized carbons (Fsp3) is 0.316. The molecule has 3 rings (SSSR count). The van der Waals surface area contributed by atoms with Crippen molar-refractivity contribution in [3.63, 3.8) is 0 Å². The van der Waals surface area contributed by atoms with E-state index in [9.17, 15) is 18.0 Å². The first-order valence-electron chi connectivity index (χ1n) is 8.96. The number of aromatic nitrogens is 3. The average Bonchev–Trinajstić information content (AvgIpc) is 2.73. The summed E-state index contributed by atoms with van der Waals surface area (Å²) in [5.41, 5.74) is 6.33. The van der Waals surface area contributed by atoms with Crippen LogP contribution in [-0.4, -0.2) is 33.7 Å². The lowest BCUT2D eigenvalue weighted by atomic mass is 10.1. The Morgan fingerprint density at radius 3 is 2.67 bits per heavy atom. The van der Waals surface area contributed by atoms with Crippen LogP contribution in [0.25, 0.3) is 0 Å². The van der Waals surface area contributed by atoms with Crippen LogP contribution >= 0.6 is 0 Å². The first-order valence-corrected chi connectivity index (χ1v) is 8.96. The molecule has 158 valence electrons. The number of halogens is 3. The molecule has 0 radical (unpaired) electrons. The van der Waals surface area contributed by atoms with E-state index in [2.05, 4.69) is 25.3 Å². The molecule has 0 saturated carbocycles. The third-order valence-electron chi connectivity index (χ3n) is 4.30. The van der Waals surface area contributed by atoms with Crippen molar-refractivity contribution in [2.75, 3.05) is 12.8 Å². The maximum absolute atomic E-state index is 13.1. The number of hydrogen-bond acceptors (Lipinski definition) is 7. The number of methoxy groups -OCH3 is 1. The molecule has 30 heavy (non-hydrogen) atoms. The largest absolute Gasteiger partial charge is 0.494 e. The van der Waals surface area contributed by atoms with Gasteiger partial charge in [0.25, 0.3) is 5.91 Å². The highest BCUT2D eigenvalue weighted by Gasteiger charge is 2.36. The molecule has 0 bridgehead atoms. The number of ether oxygens (including phenoxy) is 1. The fourth-order valence-electron chi connectivity index (χ4n) is 2.86. The number of carbonyl (C=O) groups is 1. The Bertz CT molecular complexity index is 1030. The van der Waals surface area contributed by atoms with E-state index in [-0.39, 0.29) is 23.8 Å². The van der Waals surface area contributed by atoms with Crippen LogP contribution in [0.5, 0.6) is 5.75 Å². The number of aryl methyl sites for hydroxylation is 1. The van der Waals surface area contributed by atoms with E-state index in [1.54, 1.807) is 13.1 Å². The number of allylic oxidation sites excluding steroid dienone is 1. The normalized spacial score (nSPS) is 13.7. The number of aliphatic imine (C=N–C) groups is 1. The molecular weight excluding hydrogens is 401 g/mol. The van der Waals surface area contributed by atoms with Gasteiger partial charge in [-0.05, 0) is 31.9 Å². The quantitative estimate of drug-likeness (QED) is 0.769. The molecule has 0 unspecified atom stereocenters. The number of nitrogens with two attached hydrogens (primary N) is 1. The van der Waals surface area contributed by atoms with Crippen LogP contribution in [0.15, 0.2) is 29.4 Å². The first-order chi connectivity index (χ1) is 14.2. The van der Waals surface area contributed by atoms with Crippen molar-refractivity contribution in [2.45, 2.75) is 32.5 Å². The summed E-state index contributed by atoms with van der Waals surface area (Å²) < 4.78 is 44.0. The van der Waals surface area contributed by atoms with Crippen LogP contribution in [0.1, 0.15) is 46.1 Å². The fourth-order valence-corrected chi connectivity index (χ4v) is 2.86. The Balaban J connectivity index is 1.78. The summed E-state index contributed by atoms with van der Waals surface area (Å²) in [5, 5.41) is 2.46. The molecule has 0 aromatic carbocycles. The van der Waals surface area contributed by atoms with Gasteiger partial charge in [0, 0.05) is 6.20 Å². The van der Waals surface area contributed by atoms with Crippen molar-refractivity contribution in [3.05, 3.63) is 52.9 Å². The minimum absolute atomic E-state index is 0.000281. The number of rotatable bonds is 5. The zero-order chi connectivity index (χ0) is 21.9. The number of nitrogens with one attached hydrogen (secondary N) is 1. The number of nitrogen functional groups attached to an aromatic ring is 1. The summed E-state index contributed by atoms with van der Waals surface area (Å²) in [5.74, 6) is -1.17. The van der Waals surface area contributed by atoms with Gasteiger partial charge in [0.1, 0.15) is 11.4 Å². The van der Waals surface area contributed by atoms with E-state index in [0.717, 1.165) is 25.3 Å². The van der Waals surface area contributed by atoms with E-state index in [1.165, 1.54) is 6.07 Å². The van der Waals surface area contributed by atoms with Gasteiger partial charge in [-0.25, -0.2) is 15.0 Å². The average molecular weight is 420 g/mol. The van der Waals surface area contributed by atoms with E-state index in [4.69, 9.17) is 10.5 Å². The van der Waals surface area contributed by atoms with Crippen molar-refractivity contribution in [1.82, 2.24) is 20.3 Å². The number of anilines is 1. The zero-order valence-corrected chi connectivity index (χ0v) is 16.2. The molecule has 11 heteroatoms. The number of hydrogen-bond donors (Lipinski definition) is 2. The predicted octanol–water partition coefficient (Wildman–Crippen LogP) is 2.82. The SMILES string of the molecule is COc1ccc(CNC(=O)c2nc(C)c(C3=NC=CCC3)nc2N)nc1C(F)(F)F. The Kier molecular flexibility index (Phi) is 5.99. The molecule has 1 aliphatic heterocycles. The van der Waals surface area contributed by atoms with Crippen LogP contribution in [0.3, 0.4) is 0 Å². The smallest absolute Gasteiger partial charge is 0.437 e. The van der Waals surface area contributed by atoms with Gasteiger partial charge in [-0.1, -0.05) is 6.08 Å². The summed E-state index contributed by atoms with van der Waals surface area (Å²) in [4.78, 5) is 28.7. The van der Waals surface area contributed by atoms with Crippen LogP contribution in [0, 0.1) is 6.92 Å². The molecule has 0 fully saturated rings. The van der Waals surface area contributed by atoms with E-state index < -0.39 is 23.5 Å². The molecule has 0 atom stereocenters. The molecule has 3 heterocycles. The van der Waals surface area contributed by atoms with E-state index in [0.29, 0.717) is 17.8 Å². The number of nitrogens with zero attached hydrogens (tertiary/aromatic N) is 4. The Morgan fingerprint density at radius 1 is 1.27 bits per heavy atom. The lowest BCUT2D eigenvalue weighted by Gasteiger charge is -2.14. The molecule has 8 nitrogen and oxygen atoms in total. The van der Waals surface area contributed by atoms with Gasteiger partial charge < -0.3 is 15.8 Å². The van der Waals surface area contributed by atoms with Crippen LogP contribution < -0.4 is 15.8 Å². The summed E-state index contributed by atoms with van der Waals surface area (Å²) in [6.45, 7) is 1.42. The predicted molar refractivity (Wildman–Crippen MR) is 103 cm³/mol. The van der Waals surface area contributed by atoms with Gasteiger partial charge in [0.15, 0.2) is 17.2 Å². The molecule has 0 saturated heterocycles. The lowest BCUT2D eigenvalue weighted by Crippen LogP contribution is -2.27. The first kappa shape index (κ1) is 21.2. The third-order valence-corrected chi connectivity index (χ3v) is 4.30. The second-order valence-corrected chi connectivity index (χ2v) is 6.42. The van der Waals surface area contributed by atoms with Crippen molar-refractivity contribution in [1.29, 1.82) is 0 Å². The Labute approximate surface area is 170 Å². The van der Waals surface area contributed by atoms with Gasteiger partial charge in [-0.15, -0.1) is 0 Å². The Hall–Kier alpha value is -3.50. The van der Waals surface area contributed by atoms with Gasteiger partial charge in [0.2, 0.25) is 0 Å². The van der Waals surface area contributed by atoms with Crippen molar-refractivity contribution in [3.8, 4) is 5.75 Å². The van der Waals surface area contributed by atoms with E-state index in [1.807, 2.05) is 6.08 Å². The maximum Gasteiger partial charge on any atom is 0.437 e. The summed E-state index contributed by atoms with van der Waals surface area (Å²) in [6, 6.07) is 2.47. The Morgan fingerprint density at radius 2 is 2.03 bits per heavy atom. The van der Waals surface area contributed by atoms with E-state index >= 15 is 0 Å². The van der Waals surface area contributed by atoms with Crippen LogP contribution in [-0.2, 0) is 12.7 Å². The molecule has 3 N–H and O–H groups in total. The number of amides is 1. The van der Waals surface area contributed by atoms with Gasteiger partial charge in [-0.3, -0.25) is 9.79 Å². The monoisotopic (exact) mass is 420 g/mol. The molecular formula is C19H19F3N6O2. The number of alkyl halides is 3. The molecule has 1 aliphatic rings. The number of carbonyl (C=O) groups excluding carboxylic acids is 1. The van der Waals surface area contributed by atoms with Gasteiger partial charge in [-0.2, -0.15) is 13.2 Å². The van der Waals surface area contributed by atoms with Crippen LogP contribution in [0.4, 0.5) is 19.0 Å². The molecule has 2 aromatic heterocycles. The highest BCUT2D eigenvalue weighted by molar-refractivity contribution is 6.02. The van der Waals surface area contributed by atoms with Crippen molar-refractivity contribution in [2.24, 2.45) is 4.99 Å². The summed E-state index contributed by atoms with van der Waals surface area (Å²) in [6.07, 6.45) is 0.409. The van der Waals surface area contributed by atoms with Crippen molar-refractivity contribution < 1.29 is 22.7 Å². The maximum atomic E-state index is 13.1. The van der Waals surface area contributed by atoms with Gasteiger partial charge >= 0.3 is 6.18 Å². The number of pyridine rings is 1. The summed E-state index contributed by atoms with van der Waals surface area (Å²) in [7, 11) is 1.12. The topological polar surface area (TPSA) is 115 Å². The minimum atomic E-state index is -4.69. The zero-order valence-electron chi connectivity index (χ0n) is 16.2. The molecule has 0 aliphatic carbocycles.